The summed E-state index contributed by atoms with van der Waals surface area (Å²) in [6.07, 6.45) is 0. The van der Waals surface area contributed by atoms with Crippen molar-refractivity contribution in [1.29, 1.82) is 0 Å². The third-order valence-corrected chi connectivity index (χ3v) is 9.02. The molecule has 0 spiro atoms. The Kier molecular flexibility index (Phi) is 10.3. The summed E-state index contributed by atoms with van der Waals surface area (Å²) in [6, 6.07) is 0. The summed E-state index contributed by atoms with van der Waals surface area (Å²) in [6.45, 7) is 2.88. The van der Waals surface area contributed by atoms with Gasteiger partial charge in [0.2, 0.25) is 8.91 Å². The lowest BCUT2D eigenvalue weighted by Crippen LogP contribution is -1.89. The second-order valence-electron chi connectivity index (χ2n) is 0.871. The Labute approximate surface area is 68.3 Å². The van der Waals surface area contributed by atoms with Crippen LogP contribution in [0, 0.1) is 0 Å². The average molecular weight is 204 g/mol. The van der Waals surface area contributed by atoms with E-state index in [0.717, 1.165) is 6.61 Å². The van der Waals surface area contributed by atoms with Crippen LogP contribution in [0.1, 0.15) is 6.92 Å². The molecule has 50 valence electrons. The van der Waals surface area contributed by atoms with Crippen molar-refractivity contribution in [3.8, 4) is 0 Å². The monoisotopic (exact) mass is 204 g/mol. The molecule has 0 fully saturated rings. The second kappa shape index (κ2) is 8.58. The molecule has 0 rings (SSSR count). The Morgan fingerprint density at radius 2 is 2.50 bits per heavy atom. The van der Waals surface area contributed by atoms with Crippen molar-refractivity contribution in [2.75, 3.05) is 6.61 Å². The van der Waals surface area contributed by atoms with Crippen LogP contribution in [-0.2, 0) is 4.43 Å². The molecule has 0 amide bonds. The normalized spacial score (nSPS) is 11.2. The van der Waals surface area contributed by atoms with E-state index in [9.17, 15) is 0 Å². The first-order valence-corrected chi connectivity index (χ1v) is 9.10. The molecule has 0 aliphatic carbocycles. The van der Waals surface area contributed by atoms with Gasteiger partial charge in [0.1, 0.15) is 0 Å². The molecular weight excluding hydrogens is 196 g/mol. The van der Waals surface area contributed by atoms with E-state index in [1.54, 1.807) is 20.1 Å². The first-order chi connectivity index (χ1) is 3.91. The minimum absolute atomic E-state index is 0.290. The Morgan fingerprint density at radius 3 is 3.00 bits per heavy atom. The summed E-state index contributed by atoms with van der Waals surface area (Å²) in [4.78, 5) is 0. The van der Waals surface area contributed by atoms with Gasteiger partial charge in [-0.1, -0.05) is 21.9 Å². The highest BCUT2D eigenvalue weighted by Crippen LogP contribution is 2.35. The fourth-order valence-electron chi connectivity index (χ4n) is 0.159. The third kappa shape index (κ3) is 7.58. The van der Waals surface area contributed by atoms with Crippen LogP contribution in [0.5, 0.6) is 0 Å². The van der Waals surface area contributed by atoms with Crippen molar-refractivity contribution >= 4 is 50.5 Å². The minimum atomic E-state index is -0.290. The first kappa shape index (κ1) is 9.58. The van der Waals surface area contributed by atoms with Crippen molar-refractivity contribution in [3.05, 3.63) is 0 Å². The molecule has 0 aliphatic heterocycles. The lowest BCUT2D eigenvalue weighted by atomic mass is 10.9. The summed E-state index contributed by atoms with van der Waals surface area (Å²) in [5.74, 6) is 0. The van der Waals surface area contributed by atoms with Gasteiger partial charge in [0, 0.05) is 6.61 Å². The number of rotatable bonds is 5. The van der Waals surface area contributed by atoms with Crippen molar-refractivity contribution < 1.29 is 4.43 Å². The van der Waals surface area contributed by atoms with E-state index in [-0.39, 0.29) is 8.91 Å². The van der Waals surface area contributed by atoms with Gasteiger partial charge in [0.05, 0.1) is 0 Å². The molecule has 8 heavy (non-hydrogen) atoms. The topological polar surface area (TPSA) is 9.23 Å². The Hall–Kier alpha value is 1.58. The highest BCUT2D eigenvalue weighted by atomic mass is 33.7. The minimum Gasteiger partial charge on any atom is -0.412 e. The molecule has 0 unspecified atom stereocenters. The molecule has 0 aromatic heterocycles. The van der Waals surface area contributed by atoms with E-state index < -0.39 is 0 Å². The maximum absolute atomic E-state index is 5.17. The van der Waals surface area contributed by atoms with Crippen molar-refractivity contribution in [2.24, 2.45) is 0 Å². The van der Waals surface area contributed by atoms with Gasteiger partial charge in [0.25, 0.3) is 0 Å². The van der Waals surface area contributed by atoms with Crippen LogP contribution < -0.4 is 0 Å². The highest BCUT2D eigenvalue weighted by Gasteiger charge is 1.86. The zero-order valence-electron chi connectivity index (χ0n) is 4.49. The molecule has 0 heterocycles. The molecule has 0 saturated carbocycles. The average Bonchev–Trinajstić information content (AvgIpc) is 1.81. The summed E-state index contributed by atoms with van der Waals surface area (Å²) >= 11 is 3.95. The zero-order valence-corrected chi connectivity index (χ0v) is 9.25. The van der Waals surface area contributed by atoms with Crippen LogP contribution in [0.4, 0.5) is 0 Å². The van der Waals surface area contributed by atoms with Crippen molar-refractivity contribution in [3.63, 3.8) is 0 Å². The fraction of sp³-hybridized carbons (Fsp3) is 1.00. The van der Waals surface area contributed by atoms with Gasteiger partial charge in [-0.05, 0) is 26.6 Å². The van der Waals surface area contributed by atoms with Crippen LogP contribution in [0.3, 0.4) is 0 Å². The lowest BCUT2D eigenvalue weighted by molar-refractivity contribution is 0.372. The van der Waals surface area contributed by atoms with E-state index in [0.29, 0.717) is 0 Å². The van der Waals surface area contributed by atoms with E-state index in [1.807, 2.05) is 6.92 Å². The number of thiol groups is 1. The third-order valence-electron chi connectivity index (χ3n) is 0.414. The second-order valence-corrected chi connectivity index (χ2v) is 8.99. The fourth-order valence-corrected chi connectivity index (χ4v) is 8.49. The van der Waals surface area contributed by atoms with Crippen molar-refractivity contribution in [1.82, 2.24) is 0 Å². The molecule has 0 radical (unpaired) electrons. The predicted molar refractivity (Wildman–Crippen MR) is 51.9 cm³/mol. The standard InChI is InChI=1S/C2H8OS4Si/c1-2-3-8-7-6-5-4/h4H,2,8H2,1H3. The molecule has 0 saturated heterocycles. The van der Waals surface area contributed by atoms with E-state index >= 15 is 0 Å². The van der Waals surface area contributed by atoms with Crippen LogP contribution in [0.2, 0.25) is 0 Å². The van der Waals surface area contributed by atoms with Gasteiger partial charge in [-0.3, -0.25) is 0 Å². The first-order valence-electron chi connectivity index (χ1n) is 2.09. The maximum atomic E-state index is 5.17. The van der Waals surface area contributed by atoms with Gasteiger partial charge < -0.3 is 4.43 Å². The summed E-state index contributed by atoms with van der Waals surface area (Å²) in [7, 11) is 4.67. The van der Waals surface area contributed by atoms with Gasteiger partial charge in [-0.15, -0.1) is 0 Å². The molecule has 0 aliphatic rings. The van der Waals surface area contributed by atoms with Gasteiger partial charge in [-0.25, -0.2) is 0 Å². The molecule has 0 bridgehead atoms. The van der Waals surface area contributed by atoms with Gasteiger partial charge in [0.15, 0.2) is 0 Å². The van der Waals surface area contributed by atoms with Crippen molar-refractivity contribution in [2.45, 2.75) is 6.92 Å². The molecule has 6 heteroatoms. The Balaban J connectivity index is 2.53. The number of hydrogen-bond acceptors (Lipinski definition) is 5. The number of hydrogen-bond donors (Lipinski definition) is 1. The van der Waals surface area contributed by atoms with E-state index in [2.05, 4.69) is 11.7 Å². The quantitative estimate of drug-likeness (QED) is 0.317. The molecule has 1 nitrogen and oxygen atoms in total. The van der Waals surface area contributed by atoms with Crippen LogP contribution in [0.15, 0.2) is 0 Å². The van der Waals surface area contributed by atoms with E-state index in [1.165, 1.54) is 9.83 Å². The zero-order chi connectivity index (χ0) is 6.24. The molecule has 0 aromatic carbocycles. The van der Waals surface area contributed by atoms with Crippen LogP contribution in [0.25, 0.3) is 0 Å². The van der Waals surface area contributed by atoms with Gasteiger partial charge in [-0.2, -0.15) is 0 Å². The summed E-state index contributed by atoms with van der Waals surface area (Å²) < 4.78 is 5.17. The summed E-state index contributed by atoms with van der Waals surface area (Å²) in [5.41, 5.74) is 0. The lowest BCUT2D eigenvalue weighted by Gasteiger charge is -1.94. The van der Waals surface area contributed by atoms with E-state index in [4.69, 9.17) is 4.43 Å². The Bertz CT molecular complexity index is 39.0. The van der Waals surface area contributed by atoms with Crippen LogP contribution in [-0.4, -0.2) is 15.5 Å². The largest absolute Gasteiger partial charge is 0.412 e. The van der Waals surface area contributed by atoms with Crippen LogP contribution >= 0.6 is 41.6 Å². The Morgan fingerprint density at radius 1 is 1.75 bits per heavy atom. The molecular formula is C2H8OS4Si. The smallest absolute Gasteiger partial charge is 0.234 e. The molecule has 0 aromatic rings. The highest BCUT2D eigenvalue weighted by molar-refractivity contribution is 9.26. The molecule has 0 atom stereocenters. The SMILES string of the molecule is CCO[SiH2]SSSS. The van der Waals surface area contributed by atoms with Gasteiger partial charge >= 0.3 is 0 Å². The predicted octanol–water partition coefficient (Wildman–Crippen LogP) is 1.90. The maximum Gasteiger partial charge on any atom is 0.234 e. The summed E-state index contributed by atoms with van der Waals surface area (Å²) in [5, 5.41) is 0. The molecule has 0 N–H and O–H groups in total.